The van der Waals surface area contributed by atoms with E-state index in [1.807, 2.05) is 18.4 Å². The molecule has 0 aliphatic heterocycles. The van der Waals surface area contributed by atoms with Crippen molar-refractivity contribution in [3.8, 4) is 0 Å². The van der Waals surface area contributed by atoms with Gasteiger partial charge in [0.25, 0.3) is 0 Å². The number of thiophene rings is 1. The minimum absolute atomic E-state index is 0.143. The van der Waals surface area contributed by atoms with Crippen LogP contribution in [0.3, 0.4) is 0 Å². The third kappa shape index (κ3) is 2.34. The largest absolute Gasteiger partial charge is 0.320 e. The zero-order chi connectivity index (χ0) is 12.6. The van der Waals surface area contributed by atoms with Gasteiger partial charge in [0.05, 0.1) is 6.04 Å². The zero-order valence-electron chi connectivity index (χ0n) is 9.01. The van der Waals surface area contributed by atoms with Crippen LogP contribution in [-0.2, 0) is 0 Å². The lowest BCUT2D eigenvalue weighted by Crippen LogP contribution is -2.12. The van der Waals surface area contributed by atoms with Gasteiger partial charge in [-0.25, -0.2) is 8.78 Å². The van der Waals surface area contributed by atoms with Gasteiger partial charge in [0.2, 0.25) is 0 Å². The summed E-state index contributed by atoms with van der Waals surface area (Å²) in [6, 6.07) is 3.40. The molecule has 0 fully saturated rings. The molecule has 1 unspecified atom stereocenters. The van der Waals surface area contributed by atoms with Crippen molar-refractivity contribution < 1.29 is 8.78 Å². The second kappa shape index (κ2) is 4.72. The minimum Gasteiger partial charge on any atom is -0.320 e. The van der Waals surface area contributed by atoms with Crippen LogP contribution >= 0.6 is 22.9 Å². The highest BCUT2D eigenvalue weighted by Gasteiger charge is 2.18. The number of benzene rings is 1. The van der Waals surface area contributed by atoms with E-state index in [0.717, 1.165) is 22.6 Å². The predicted octanol–water partition coefficient (Wildman–Crippen LogP) is 4.04. The van der Waals surface area contributed by atoms with Gasteiger partial charge in [-0.1, -0.05) is 11.6 Å². The van der Waals surface area contributed by atoms with Gasteiger partial charge in [-0.2, -0.15) is 0 Å². The highest BCUT2D eigenvalue weighted by Crippen LogP contribution is 2.32. The monoisotopic (exact) mass is 273 g/mol. The summed E-state index contributed by atoms with van der Waals surface area (Å²) in [4.78, 5) is 0.901. The molecule has 90 valence electrons. The fourth-order valence-corrected chi connectivity index (χ4v) is 2.83. The first-order valence-corrected chi connectivity index (χ1v) is 6.20. The predicted molar refractivity (Wildman–Crippen MR) is 66.5 cm³/mol. The molecule has 1 heterocycles. The second-order valence-electron chi connectivity index (χ2n) is 3.73. The lowest BCUT2D eigenvalue weighted by Gasteiger charge is -2.13. The number of halogens is 3. The molecule has 0 aliphatic carbocycles. The van der Waals surface area contributed by atoms with Crippen LogP contribution in [0.15, 0.2) is 23.6 Å². The van der Waals surface area contributed by atoms with E-state index in [-0.39, 0.29) is 5.02 Å². The molecule has 0 aliphatic rings. The number of hydrogen-bond acceptors (Lipinski definition) is 2. The molecule has 1 aromatic heterocycles. The van der Waals surface area contributed by atoms with E-state index in [4.69, 9.17) is 17.3 Å². The summed E-state index contributed by atoms with van der Waals surface area (Å²) >= 11 is 7.35. The summed E-state index contributed by atoms with van der Waals surface area (Å²) in [6.07, 6.45) is 0. The van der Waals surface area contributed by atoms with Crippen molar-refractivity contribution in [1.29, 1.82) is 0 Å². The summed E-state index contributed by atoms with van der Waals surface area (Å²) in [5.74, 6) is -1.90. The topological polar surface area (TPSA) is 26.0 Å². The van der Waals surface area contributed by atoms with Crippen LogP contribution in [0.2, 0.25) is 5.02 Å². The molecule has 0 saturated carbocycles. The third-order valence-corrected chi connectivity index (χ3v) is 3.99. The Bertz CT molecular complexity index is 553. The van der Waals surface area contributed by atoms with Crippen LogP contribution in [0, 0.1) is 18.6 Å². The van der Waals surface area contributed by atoms with Gasteiger partial charge in [-0.15, -0.1) is 11.3 Å². The maximum atomic E-state index is 13.2. The van der Waals surface area contributed by atoms with Crippen molar-refractivity contribution in [2.24, 2.45) is 5.73 Å². The van der Waals surface area contributed by atoms with E-state index < -0.39 is 17.7 Å². The zero-order valence-corrected chi connectivity index (χ0v) is 10.6. The fourth-order valence-electron chi connectivity index (χ4n) is 1.62. The van der Waals surface area contributed by atoms with Crippen LogP contribution in [0.4, 0.5) is 8.78 Å². The van der Waals surface area contributed by atoms with E-state index in [9.17, 15) is 8.78 Å². The summed E-state index contributed by atoms with van der Waals surface area (Å²) in [5.41, 5.74) is 7.43. The van der Waals surface area contributed by atoms with Gasteiger partial charge in [0.15, 0.2) is 11.6 Å². The number of hydrogen-bond donors (Lipinski definition) is 1. The number of aryl methyl sites for hydroxylation is 1. The Morgan fingerprint density at radius 2 is 1.94 bits per heavy atom. The normalized spacial score (nSPS) is 12.8. The van der Waals surface area contributed by atoms with E-state index >= 15 is 0 Å². The van der Waals surface area contributed by atoms with Gasteiger partial charge >= 0.3 is 0 Å². The standard InChI is InChI=1S/C12H10ClF2NS/c1-6-2-3-17-12(6)11(16)7-4-9(14)10(15)5-8(7)13/h2-5,11H,16H2,1H3. The first-order chi connectivity index (χ1) is 8.00. The Labute approximate surface area is 107 Å². The lowest BCUT2D eigenvalue weighted by atomic mass is 10.0. The molecule has 2 aromatic rings. The van der Waals surface area contributed by atoms with E-state index in [1.54, 1.807) is 0 Å². The average molecular weight is 274 g/mol. The van der Waals surface area contributed by atoms with Crippen LogP contribution in [-0.4, -0.2) is 0 Å². The van der Waals surface area contributed by atoms with Crippen molar-refractivity contribution in [3.05, 3.63) is 56.2 Å². The average Bonchev–Trinajstić information content (AvgIpc) is 2.69. The molecule has 2 rings (SSSR count). The maximum absolute atomic E-state index is 13.2. The Morgan fingerprint density at radius 3 is 2.53 bits per heavy atom. The van der Waals surface area contributed by atoms with E-state index in [0.29, 0.717) is 5.56 Å². The van der Waals surface area contributed by atoms with Gasteiger partial charge in [-0.05, 0) is 41.6 Å². The molecule has 1 atom stereocenters. The van der Waals surface area contributed by atoms with Crippen molar-refractivity contribution >= 4 is 22.9 Å². The van der Waals surface area contributed by atoms with Crippen LogP contribution in [0.25, 0.3) is 0 Å². The molecule has 0 spiro atoms. The SMILES string of the molecule is Cc1ccsc1C(N)c1cc(F)c(F)cc1Cl. The summed E-state index contributed by atoms with van der Waals surface area (Å²) < 4.78 is 26.1. The Hall–Kier alpha value is -0.970. The first-order valence-electron chi connectivity index (χ1n) is 4.94. The summed E-state index contributed by atoms with van der Waals surface area (Å²) in [5, 5.41) is 2.04. The van der Waals surface area contributed by atoms with Crippen molar-refractivity contribution in [3.63, 3.8) is 0 Å². The maximum Gasteiger partial charge on any atom is 0.160 e. The molecule has 0 amide bonds. The van der Waals surface area contributed by atoms with Crippen molar-refractivity contribution in [2.75, 3.05) is 0 Å². The molecule has 17 heavy (non-hydrogen) atoms. The molecule has 0 radical (unpaired) electrons. The van der Waals surface area contributed by atoms with E-state index in [2.05, 4.69) is 0 Å². The second-order valence-corrected chi connectivity index (χ2v) is 5.09. The van der Waals surface area contributed by atoms with Crippen molar-refractivity contribution in [2.45, 2.75) is 13.0 Å². The van der Waals surface area contributed by atoms with Gasteiger partial charge in [-0.3, -0.25) is 0 Å². The molecule has 1 aromatic carbocycles. The quantitative estimate of drug-likeness (QED) is 0.821. The van der Waals surface area contributed by atoms with Gasteiger partial charge in [0.1, 0.15) is 0 Å². The third-order valence-electron chi connectivity index (χ3n) is 2.56. The molecule has 0 bridgehead atoms. The number of rotatable bonds is 2. The Kier molecular flexibility index (Phi) is 3.47. The Balaban J connectivity index is 2.48. The van der Waals surface area contributed by atoms with Crippen molar-refractivity contribution in [1.82, 2.24) is 0 Å². The highest BCUT2D eigenvalue weighted by molar-refractivity contribution is 7.10. The van der Waals surface area contributed by atoms with Gasteiger partial charge in [0, 0.05) is 9.90 Å². The van der Waals surface area contributed by atoms with Crippen LogP contribution in [0.5, 0.6) is 0 Å². The lowest BCUT2D eigenvalue weighted by molar-refractivity contribution is 0.506. The van der Waals surface area contributed by atoms with Crippen LogP contribution < -0.4 is 5.73 Å². The van der Waals surface area contributed by atoms with E-state index in [1.165, 1.54) is 11.3 Å². The highest BCUT2D eigenvalue weighted by atomic mass is 35.5. The minimum atomic E-state index is -0.964. The van der Waals surface area contributed by atoms with Gasteiger partial charge < -0.3 is 5.73 Å². The Morgan fingerprint density at radius 1 is 1.29 bits per heavy atom. The smallest absolute Gasteiger partial charge is 0.160 e. The molecular weight excluding hydrogens is 264 g/mol. The summed E-state index contributed by atoms with van der Waals surface area (Å²) in [6.45, 7) is 1.92. The molecular formula is C12H10ClF2NS. The fraction of sp³-hybridized carbons (Fsp3) is 0.167. The number of nitrogens with two attached hydrogens (primary N) is 1. The van der Waals surface area contributed by atoms with Crippen LogP contribution in [0.1, 0.15) is 22.0 Å². The molecule has 0 saturated heterocycles. The first kappa shape index (κ1) is 12.5. The molecule has 1 nitrogen and oxygen atoms in total. The summed E-state index contributed by atoms with van der Waals surface area (Å²) in [7, 11) is 0. The molecule has 5 heteroatoms. The molecule has 2 N–H and O–H groups in total.